The fourth-order valence-corrected chi connectivity index (χ4v) is 8.49. The van der Waals surface area contributed by atoms with Crippen molar-refractivity contribution < 1.29 is 4.74 Å². The van der Waals surface area contributed by atoms with Crippen molar-refractivity contribution in [3.05, 3.63) is 94.5 Å². The molecule has 0 amide bonds. The summed E-state index contributed by atoms with van der Waals surface area (Å²) >= 11 is 0. The number of nitrogens with zero attached hydrogens (tertiary/aromatic N) is 1. The quantitative estimate of drug-likeness (QED) is 0.172. The van der Waals surface area contributed by atoms with Crippen LogP contribution in [0.25, 0.3) is 0 Å². The van der Waals surface area contributed by atoms with Crippen LogP contribution in [0.1, 0.15) is 124 Å². The van der Waals surface area contributed by atoms with Gasteiger partial charge in [-0.25, -0.2) is 0 Å². The van der Waals surface area contributed by atoms with Gasteiger partial charge in [-0.3, -0.25) is 0 Å². The zero-order valence-electron chi connectivity index (χ0n) is 30.5. The van der Waals surface area contributed by atoms with E-state index in [9.17, 15) is 0 Å². The first kappa shape index (κ1) is 31.2. The molecule has 0 unspecified atom stereocenters. The van der Waals surface area contributed by atoms with Gasteiger partial charge in [0.15, 0.2) is 0 Å². The van der Waals surface area contributed by atoms with Crippen molar-refractivity contribution in [1.82, 2.24) is 0 Å². The summed E-state index contributed by atoms with van der Waals surface area (Å²) in [5.41, 5.74) is 15.0. The Balaban J connectivity index is 1.57. The Hall–Kier alpha value is -3.46. The molecule has 0 aromatic heterocycles. The van der Waals surface area contributed by atoms with Gasteiger partial charge in [-0.15, -0.1) is 0 Å². The van der Waals surface area contributed by atoms with E-state index in [4.69, 9.17) is 4.74 Å². The van der Waals surface area contributed by atoms with Gasteiger partial charge in [0, 0.05) is 17.1 Å². The Morgan fingerprint density at radius 2 is 1.17 bits per heavy atom. The van der Waals surface area contributed by atoms with Crippen LogP contribution in [0.2, 0.25) is 0 Å². The molecule has 0 saturated carbocycles. The summed E-state index contributed by atoms with van der Waals surface area (Å²) in [4.78, 5) is 2.56. The van der Waals surface area contributed by atoms with Crippen LogP contribution in [0.15, 0.2) is 66.7 Å². The lowest BCUT2D eigenvalue weighted by Gasteiger charge is -2.42. The fourth-order valence-electron chi connectivity index (χ4n) is 8.49. The molecule has 4 aromatic carbocycles. The van der Waals surface area contributed by atoms with E-state index in [1.165, 1.54) is 61.3 Å². The third-order valence-corrected chi connectivity index (χ3v) is 11.0. The number of ether oxygens (including phenoxy) is 1. The van der Waals surface area contributed by atoms with Gasteiger partial charge in [-0.05, 0) is 114 Å². The maximum atomic E-state index is 6.86. The highest BCUT2D eigenvalue weighted by Gasteiger charge is 2.47. The topological polar surface area (TPSA) is 12.5 Å². The molecule has 0 radical (unpaired) electrons. The van der Waals surface area contributed by atoms with E-state index in [1.54, 1.807) is 0 Å². The molecular weight excluding hydrogens is 557 g/mol. The van der Waals surface area contributed by atoms with Gasteiger partial charge in [-0.1, -0.05) is 120 Å². The average Bonchev–Trinajstić information content (AvgIpc) is 3.12. The van der Waals surface area contributed by atoms with Crippen LogP contribution in [-0.4, -0.2) is 6.71 Å². The van der Waals surface area contributed by atoms with Crippen LogP contribution in [-0.2, 0) is 27.1 Å². The molecule has 238 valence electrons. The molecule has 0 spiro atoms. The van der Waals surface area contributed by atoms with Crippen molar-refractivity contribution in [2.75, 3.05) is 4.90 Å². The van der Waals surface area contributed by atoms with E-state index in [-0.39, 0.29) is 33.8 Å². The first-order valence-electron chi connectivity index (χ1n) is 17.3. The van der Waals surface area contributed by atoms with Gasteiger partial charge in [0.25, 0.3) is 6.71 Å². The Kier molecular flexibility index (Phi) is 6.47. The minimum absolute atomic E-state index is 0.0179. The fraction of sp³-hybridized carbons (Fsp3) is 0.442. The second-order valence-electron chi connectivity index (χ2n) is 18.7. The maximum absolute atomic E-state index is 6.86. The summed E-state index contributed by atoms with van der Waals surface area (Å²) in [6, 6.07) is 26.1. The molecule has 0 N–H and O–H groups in total. The Bertz CT molecular complexity index is 1870. The number of hydrogen-bond acceptors (Lipinski definition) is 2. The van der Waals surface area contributed by atoms with Gasteiger partial charge in [0.05, 0.1) is 0 Å². The van der Waals surface area contributed by atoms with Gasteiger partial charge >= 0.3 is 0 Å². The third-order valence-electron chi connectivity index (χ3n) is 11.0. The lowest BCUT2D eigenvalue weighted by atomic mass is 9.34. The highest BCUT2D eigenvalue weighted by Crippen LogP contribution is 2.52. The van der Waals surface area contributed by atoms with E-state index < -0.39 is 0 Å². The van der Waals surface area contributed by atoms with E-state index in [0.717, 1.165) is 17.9 Å². The van der Waals surface area contributed by atoms with E-state index in [0.29, 0.717) is 0 Å². The normalized spacial score (nSPS) is 17.6. The van der Waals surface area contributed by atoms with Crippen molar-refractivity contribution in [3.63, 3.8) is 0 Å². The summed E-state index contributed by atoms with van der Waals surface area (Å²) in [6.07, 6.45) is 1.14. The van der Waals surface area contributed by atoms with Crippen molar-refractivity contribution in [1.29, 1.82) is 0 Å². The summed E-state index contributed by atoms with van der Waals surface area (Å²) in [7, 11) is 0. The monoisotopic (exact) mass is 609 g/mol. The zero-order valence-corrected chi connectivity index (χ0v) is 30.5. The number of hydrogen-bond donors (Lipinski definition) is 0. The minimum Gasteiger partial charge on any atom is -0.458 e. The average molecular weight is 610 g/mol. The second kappa shape index (κ2) is 9.55. The van der Waals surface area contributed by atoms with E-state index in [1.807, 2.05) is 0 Å². The van der Waals surface area contributed by atoms with Crippen LogP contribution in [0.4, 0.5) is 17.1 Å². The molecule has 3 heteroatoms. The standard InChI is InChI=1S/C43H52BNO/c1-39(2,3)26-17-18-32-37(22-26)46-36-16-14-15-34-38(36)44(32)33-23-30-31(43(12,13)25-42(30,10)11)24-35(33)45(34)29-20-27(40(4,5)6)19-28(21-29)41(7,8)9/h14-24H,25H2,1-13H3. The lowest BCUT2D eigenvalue weighted by molar-refractivity contribution is 0.403. The molecule has 2 heterocycles. The van der Waals surface area contributed by atoms with Crippen LogP contribution >= 0.6 is 0 Å². The Morgan fingerprint density at radius 1 is 0.587 bits per heavy atom. The molecule has 0 fully saturated rings. The molecule has 2 aliphatic heterocycles. The first-order chi connectivity index (χ1) is 21.2. The van der Waals surface area contributed by atoms with Crippen molar-refractivity contribution in [2.45, 2.75) is 124 Å². The van der Waals surface area contributed by atoms with Crippen LogP contribution in [0.5, 0.6) is 11.5 Å². The highest BCUT2D eigenvalue weighted by atomic mass is 16.5. The molecule has 0 bridgehead atoms. The van der Waals surface area contributed by atoms with Gasteiger partial charge in [0.2, 0.25) is 0 Å². The summed E-state index contributed by atoms with van der Waals surface area (Å²) < 4.78 is 6.86. The number of benzene rings is 4. The zero-order chi connectivity index (χ0) is 33.4. The van der Waals surface area contributed by atoms with E-state index >= 15 is 0 Å². The van der Waals surface area contributed by atoms with Gasteiger partial charge in [0.1, 0.15) is 11.5 Å². The number of anilines is 3. The SMILES string of the molecule is CC(C)(C)c1cc(N2c3cc4c(cc3B3c5ccc(C(C)(C)C)cc5Oc5cccc2c53)C(C)(C)CC4(C)C)cc(C(C)(C)C)c1. The molecule has 46 heavy (non-hydrogen) atoms. The van der Waals surface area contributed by atoms with Crippen molar-refractivity contribution in [2.24, 2.45) is 0 Å². The summed E-state index contributed by atoms with van der Waals surface area (Å²) in [6.45, 7) is 30.7. The number of rotatable bonds is 1. The summed E-state index contributed by atoms with van der Waals surface area (Å²) in [5, 5.41) is 0. The highest BCUT2D eigenvalue weighted by molar-refractivity contribution is 6.99. The second-order valence-corrected chi connectivity index (χ2v) is 18.7. The molecular formula is C43H52BNO. The van der Waals surface area contributed by atoms with Crippen LogP contribution in [0, 0.1) is 0 Å². The number of fused-ring (bicyclic) bond motifs is 5. The molecule has 3 aliphatic rings. The van der Waals surface area contributed by atoms with Gasteiger partial charge < -0.3 is 9.64 Å². The minimum atomic E-state index is 0.0179. The van der Waals surface area contributed by atoms with Crippen molar-refractivity contribution in [3.8, 4) is 11.5 Å². The molecule has 0 atom stereocenters. The predicted molar refractivity (Wildman–Crippen MR) is 199 cm³/mol. The summed E-state index contributed by atoms with van der Waals surface area (Å²) in [5.74, 6) is 1.96. The lowest BCUT2D eigenvalue weighted by Crippen LogP contribution is -2.59. The first-order valence-corrected chi connectivity index (χ1v) is 17.3. The van der Waals surface area contributed by atoms with Gasteiger partial charge in [-0.2, -0.15) is 0 Å². The Morgan fingerprint density at radius 3 is 1.76 bits per heavy atom. The molecule has 0 saturated heterocycles. The van der Waals surface area contributed by atoms with Crippen LogP contribution < -0.4 is 26.0 Å². The maximum Gasteiger partial charge on any atom is 0.256 e. The molecule has 2 nitrogen and oxygen atoms in total. The smallest absolute Gasteiger partial charge is 0.256 e. The predicted octanol–water partition coefficient (Wildman–Crippen LogP) is 9.94. The molecule has 1 aliphatic carbocycles. The van der Waals surface area contributed by atoms with E-state index in [2.05, 4.69) is 162 Å². The third kappa shape index (κ3) is 4.75. The van der Waals surface area contributed by atoms with Crippen molar-refractivity contribution >= 4 is 40.2 Å². The van der Waals surface area contributed by atoms with Crippen LogP contribution in [0.3, 0.4) is 0 Å². The molecule has 4 aromatic rings. The Labute approximate surface area is 278 Å². The largest absolute Gasteiger partial charge is 0.458 e. The molecule has 7 rings (SSSR count).